The molecule has 0 radical (unpaired) electrons. The molecule has 2 N–H and O–H groups in total. The molecule has 2 amide bonds. The number of hydrogen-bond donors (Lipinski definition) is 1. The van der Waals surface area contributed by atoms with E-state index in [1.165, 1.54) is 12.1 Å². The van der Waals surface area contributed by atoms with E-state index in [0.29, 0.717) is 23.4 Å². The molecular formula is C23H18FN5O2. The van der Waals surface area contributed by atoms with Gasteiger partial charge in [0, 0.05) is 29.6 Å². The zero-order chi connectivity index (χ0) is 21.5. The first kappa shape index (κ1) is 18.9. The Morgan fingerprint density at radius 1 is 1.03 bits per heavy atom. The third kappa shape index (κ3) is 3.31. The number of imidazole rings is 1. The monoisotopic (exact) mass is 415 g/mol. The number of carbonyl (C=O) groups excluding carboxylic acids is 2. The van der Waals surface area contributed by atoms with Crippen molar-refractivity contribution in [2.45, 2.75) is 12.8 Å². The van der Waals surface area contributed by atoms with Crippen LogP contribution in [0.4, 0.5) is 10.1 Å². The van der Waals surface area contributed by atoms with E-state index in [1.807, 2.05) is 0 Å². The van der Waals surface area contributed by atoms with E-state index >= 15 is 0 Å². The van der Waals surface area contributed by atoms with Gasteiger partial charge in [-0.15, -0.1) is 0 Å². The van der Waals surface area contributed by atoms with Crippen molar-refractivity contribution in [1.82, 2.24) is 14.4 Å². The van der Waals surface area contributed by atoms with Gasteiger partial charge in [0.25, 0.3) is 5.91 Å². The van der Waals surface area contributed by atoms with Gasteiger partial charge in [0.1, 0.15) is 11.5 Å². The molecule has 8 heteroatoms. The molecule has 0 fully saturated rings. The van der Waals surface area contributed by atoms with Gasteiger partial charge in [-0.25, -0.2) is 14.4 Å². The minimum atomic E-state index is -0.497. The highest BCUT2D eigenvalue weighted by molar-refractivity contribution is 6.05. The lowest BCUT2D eigenvalue weighted by atomic mass is 10.0. The number of rotatable bonds is 3. The van der Waals surface area contributed by atoms with Crippen LogP contribution in [-0.4, -0.2) is 32.7 Å². The van der Waals surface area contributed by atoms with E-state index in [1.54, 1.807) is 58.2 Å². The van der Waals surface area contributed by atoms with Crippen LogP contribution >= 0.6 is 0 Å². The minimum Gasteiger partial charge on any atom is -0.366 e. The van der Waals surface area contributed by atoms with Gasteiger partial charge >= 0.3 is 0 Å². The predicted octanol–water partition coefficient (Wildman–Crippen LogP) is 3.23. The molecule has 0 aliphatic carbocycles. The Balaban J connectivity index is 1.53. The Labute approximate surface area is 177 Å². The fraction of sp³-hybridized carbons (Fsp3) is 0.130. The molecule has 0 saturated carbocycles. The number of benzene rings is 2. The van der Waals surface area contributed by atoms with E-state index in [2.05, 4.69) is 9.97 Å². The molecule has 5 rings (SSSR count). The van der Waals surface area contributed by atoms with Crippen molar-refractivity contribution in [3.05, 3.63) is 83.7 Å². The molecule has 1 aliphatic rings. The van der Waals surface area contributed by atoms with Crippen LogP contribution in [-0.2, 0) is 6.42 Å². The largest absolute Gasteiger partial charge is 0.366 e. The summed E-state index contributed by atoms with van der Waals surface area (Å²) in [5, 5.41) is 0. The minimum absolute atomic E-state index is 0.252. The van der Waals surface area contributed by atoms with E-state index in [0.717, 1.165) is 29.7 Å². The highest BCUT2D eigenvalue weighted by Crippen LogP contribution is 2.29. The number of fused-ring (bicyclic) bond motifs is 2. The van der Waals surface area contributed by atoms with Crippen LogP contribution in [0.2, 0.25) is 0 Å². The number of hydrogen-bond acceptors (Lipinski definition) is 4. The number of halogens is 1. The van der Waals surface area contributed by atoms with Crippen LogP contribution in [0.25, 0.3) is 16.9 Å². The van der Waals surface area contributed by atoms with Crippen molar-refractivity contribution in [2.75, 3.05) is 11.4 Å². The van der Waals surface area contributed by atoms with Gasteiger partial charge in [-0.1, -0.05) is 12.1 Å². The first-order valence-corrected chi connectivity index (χ1v) is 9.85. The van der Waals surface area contributed by atoms with Crippen molar-refractivity contribution >= 4 is 23.1 Å². The second kappa shape index (κ2) is 7.32. The third-order valence-electron chi connectivity index (χ3n) is 5.49. The highest BCUT2D eigenvalue weighted by atomic mass is 19.1. The summed E-state index contributed by atoms with van der Waals surface area (Å²) in [6, 6.07) is 11.3. The quantitative estimate of drug-likeness (QED) is 0.556. The topological polar surface area (TPSA) is 93.6 Å². The van der Waals surface area contributed by atoms with Gasteiger partial charge in [-0.05, 0) is 48.7 Å². The lowest BCUT2D eigenvalue weighted by molar-refractivity contribution is 0.0977. The average Bonchev–Trinajstić information content (AvgIpc) is 3.21. The molecule has 1 aliphatic heterocycles. The smallest absolute Gasteiger partial charge is 0.278 e. The molecule has 2 aromatic carbocycles. The second-order valence-electron chi connectivity index (χ2n) is 7.42. The standard InChI is InChI=1S/C23H18FN5O2/c24-17-7-8-19-16(10-17)2-1-9-28(19)23(31)18-13-29-20(11-27-21(29)12-26-18)14-3-5-15(6-4-14)22(25)30/h3-8,10-13H,1-2,9H2,(H2,25,30). The number of aryl methyl sites for hydroxylation is 1. The summed E-state index contributed by atoms with van der Waals surface area (Å²) in [5.74, 6) is -1.06. The fourth-order valence-electron chi connectivity index (χ4n) is 3.93. The molecule has 0 saturated heterocycles. The fourth-order valence-corrected chi connectivity index (χ4v) is 3.93. The normalized spacial score (nSPS) is 13.3. The molecule has 0 bridgehead atoms. The third-order valence-corrected chi connectivity index (χ3v) is 5.49. The first-order chi connectivity index (χ1) is 15.0. The number of nitrogens with zero attached hydrogens (tertiary/aromatic N) is 4. The van der Waals surface area contributed by atoms with Gasteiger partial charge in [0.2, 0.25) is 5.91 Å². The Morgan fingerprint density at radius 3 is 2.61 bits per heavy atom. The molecule has 7 nitrogen and oxygen atoms in total. The first-order valence-electron chi connectivity index (χ1n) is 9.85. The maximum absolute atomic E-state index is 13.6. The molecule has 2 aromatic heterocycles. The van der Waals surface area contributed by atoms with Crippen LogP contribution in [0.3, 0.4) is 0 Å². The number of carbonyl (C=O) groups is 2. The van der Waals surface area contributed by atoms with Crippen LogP contribution in [0.5, 0.6) is 0 Å². The van der Waals surface area contributed by atoms with Crippen LogP contribution in [0.1, 0.15) is 32.8 Å². The predicted molar refractivity (Wildman–Crippen MR) is 113 cm³/mol. The van der Waals surface area contributed by atoms with Crippen molar-refractivity contribution in [3.63, 3.8) is 0 Å². The SMILES string of the molecule is NC(=O)c1ccc(-c2cnc3cnc(C(=O)N4CCCc5cc(F)ccc54)cn23)cc1. The van der Waals surface area contributed by atoms with Gasteiger partial charge < -0.3 is 10.6 Å². The molecule has 154 valence electrons. The zero-order valence-electron chi connectivity index (χ0n) is 16.5. The molecule has 0 unspecified atom stereocenters. The number of aromatic nitrogens is 3. The van der Waals surface area contributed by atoms with Crippen molar-refractivity contribution in [3.8, 4) is 11.3 Å². The summed E-state index contributed by atoms with van der Waals surface area (Å²) in [4.78, 5) is 34.9. The molecule has 0 spiro atoms. The summed E-state index contributed by atoms with van der Waals surface area (Å²) in [7, 11) is 0. The number of amides is 2. The Morgan fingerprint density at radius 2 is 1.84 bits per heavy atom. The van der Waals surface area contributed by atoms with Crippen LogP contribution in [0, 0.1) is 5.82 Å². The lowest BCUT2D eigenvalue weighted by Gasteiger charge is -2.29. The Hall–Kier alpha value is -4.07. The summed E-state index contributed by atoms with van der Waals surface area (Å²) >= 11 is 0. The maximum atomic E-state index is 13.6. The number of nitrogens with two attached hydrogens (primary N) is 1. The van der Waals surface area contributed by atoms with Crippen LogP contribution in [0.15, 0.2) is 61.1 Å². The van der Waals surface area contributed by atoms with Gasteiger partial charge in [0.05, 0.1) is 18.1 Å². The molecule has 0 atom stereocenters. The highest BCUT2D eigenvalue weighted by Gasteiger charge is 2.25. The molecule has 4 aromatic rings. The molecule has 3 heterocycles. The maximum Gasteiger partial charge on any atom is 0.278 e. The van der Waals surface area contributed by atoms with E-state index in [-0.39, 0.29) is 17.4 Å². The van der Waals surface area contributed by atoms with E-state index in [4.69, 9.17) is 5.73 Å². The molecular weight excluding hydrogens is 397 g/mol. The van der Waals surface area contributed by atoms with Gasteiger partial charge in [-0.2, -0.15) is 0 Å². The van der Waals surface area contributed by atoms with Crippen molar-refractivity contribution in [2.24, 2.45) is 5.73 Å². The molecule has 31 heavy (non-hydrogen) atoms. The Kier molecular flexibility index (Phi) is 4.47. The number of anilines is 1. The summed E-state index contributed by atoms with van der Waals surface area (Å²) in [6.07, 6.45) is 6.37. The summed E-state index contributed by atoms with van der Waals surface area (Å²) < 4.78 is 15.4. The second-order valence-corrected chi connectivity index (χ2v) is 7.42. The lowest BCUT2D eigenvalue weighted by Crippen LogP contribution is -2.36. The average molecular weight is 415 g/mol. The van der Waals surface area contributed by atoms with E-state index in [9.17, 15) is 14.0 Å². The zero-order valence-corrected chi connectivity index (χ0v) is 16.5. The van der Waals surface area contributed by atoms with Crippen molar-refractivity contribution in [1.29, 1.82) is 0 Å². The number of primary amides is 1. The van der Waals surface area contributed by atoms with E-state index < -0.39 is 5.91 Å². The van der Waals surface area contributed by atoms with Gasteiger partial charge in [-0.3, -0.25) is 14.0 Å². The summed E-state index contributed by atoms with van der Waals surface area (Å²) in [5.41, 5.74) is 9.68. The van der Waals surface area contributed by atoms with Gasteiger partial charge in [0.15, 0.2) is 5.65 Å². The van der Waals surface area contributed by atoms with Crippen LogP contribution < -0.4 is 10.6 Å². The Bertz CT molecular complexity index is 1330. The summed E-state index contributed by atoms with van der Waals surface area (Å²) in [6.45, 7) is 0.544. The van der Waals surface area contributed by atoms with Crippen molar-refractivity contribution < 1.29 is 14.0 Å².